The average molecular weight is 727 g/mol. The molecule has 7 aromatic rings. The van der Waals surface area contributed by atoms with Crippen molar-refractivity contribution in [3.05, 3.63) is 15.9 Å². The molecule has 3 aromatic heterocycles. The second-order valence-electron chi connectivity index (χ2n) is 9.24. The minimum atomic E-state index is -0.365. The number of imidazole rings is 1. The van der Waals surface area contributed by atoms with Crippen molar-refractivity contribution in [2.75, 3.05) is 0 Å². The molecule has 15 heteroatoms. The Bertz CT molecular complexity index is 2430. The van der Waals surface area contributed by atoms with Crippen LogP contribution in [0.5, 0.6) is 0 Å². The van der Waals surface area contributed by atoms with Gasteiger partial charge in [0, 0.05) is 71.0 Å². The number of hydrogen-bond donors (Lipinski definition) is 11. The number of pyridine rings is 1. The fourth-order valence-corrected chi connectivity index (χ4v) is 8.80. The molecule has 202 valence electrons. The van der Waals surface area contributed by atoms with Crippen molar-refractivity contribution in [1.29, 1.82) is 0 Å². The van der Waals surface area contributed by atoms with Crippen molar-refractivity contribution in [2.24, 2.45) is 0 Å². The summed E-state index contributed by atoms with van der Waals surface area (Å²) in [5, 5.41) is 3.43. The van der Waals surface area contributed by atoms with E-state index in [1.807, 2.05) is 6.92 Å². The van der Waals surface area contributed by atoms with Gasteiger partial charge in [-0.1, -0.05) is 0 Å². The van der Waals surface area contributed by atoms with Crippen molar-refractivity contribution in [2.45, 2.75) is 60.8 Å². The van der Waals surface area contributed by atoms with Gasteiger partial charge in [0.1, 0.15) is 16.7 Å². The summed E-state index contributed by atoms with van der Waals surface area (Å²) in [5.74, 6) is 0. The van der Waals surface area contributed by atoms with Crippen LogP contribution in [0.15, 0.2) is 63.1 Å². The summed E-state index contributed by atoms with van der Waals surface area (Å²) in [4.78, 5) is 24.8. The largest absolute Gasteiger partial charge is 0.454 e. The summed E-state index contributed by atoms with van der Waals surface area (Å²) in [7, 11) is 0. The number of rotatable bonds is 0. The molecule has 4 aromatic carbocycles. The van der Waals surface area contributed by atoms with Crippen LogP contribution in [-0.2, 0) is 0 Å². The zero-order valence-electron chi connectivity index (χ0n) is 19.6. The van der Waals surface area contributed by atoms with Gasteiger partial charge in [-0.2, -0.15) is 0 Å². The molecule has 0 unspecified atom stereocenters. The van der Waals surface area contributed by atoms with E-state index in [0.717, 1.165) is 5.56 Å². The average Bonchev–Trinajstić information content (AvgIpc) is 3.34. The zero-order valence-corrected chi connectivity index (χ0v) is 29.5. The van der Waals surface area contributed by atoms with E-state index in [9.17, 15) is 4.79 Å². The molecule has 7 rings (SSSR count). The summed E-state index contributed by atoms with van der Waals surface area (Å²) < 4.78 is 8.00. The van der Waals surface area contributed by atoms with Crippen LogP contribution in [-0.4, -0.2) is 9.38 Å². The minimum absolute atomic E-state index is 0.319. The van der Waals surface area contributed by atoms with Crippen molar-refractivity contribution < 1.29 is 4.42 Å². The first-order valence-corrected chi connectivity index (χ1v) is 16.1. The minimum Gasteiger partial charge on any atom is -0.454 e. The number of fused-ring (bicyclic) bond motifs is 6. The van der Waals surface area contributed by atoms with Gasteiger partial charge in [0.2, 0.25) is 0 Å². The van der Waals surface area contributed by atoms with E-state index in [-0.39, 0.29) is 5.56 Å². The topological polar surface area (TPSA) is 47.5 Å². The normalized spacial score (nSPS) is 12.6. The highest BCUT2D eigenvalue weighted by Gasteiger charge is 2.30. The monoisotopic (exact) mass is 726 g/mol. The lowest BCUT2D eigenvalue weighted by molar-refractivity contribution is 0.640. The first-order valence-electron chi connectivity index (χ1n) is 11.2. The Hall–Kier alpha value is -0.0700. The number of thiol groups is 11. The van der Waals surface area contributed by atoms with Crippen LogP contribution in [0.2, 0.25) is 0 Å². The van der Waals surface area contributed by atoms with E-state index < -0.39 is 0 Å². The second-order valence-corrected chi connectivity index (χ2v) is 14.2. The van der Waals surface area contributed by atoms with E-state index in [4.69, 9.17) is 97.8 Å². The number of hydrogen-bond acceptors (Lipinski definition) is 14. The van der Waals surface area contributed by atoms with Gasteiger partial charge in [-0.25, -0.2) is 4.98 Å². The van der Waals surface area contributed by atoms with Crippen LogP contribution < -0.4 is 5.56 Å². The number of nitrogens with zero attached hydrogens (tertiary/aromatic N) is 2. The molecule has 0 aliphatic rings. The van der Waals surface area contributed by atoms with Crippen molar-refractivity contribution in [3.8, 4) is 0 Å². The third-order valence-electron chi connectivity index (χ3n) is 7.31. The molecule has 0 saturated heterocycles. The molecule has 40 heavy (non-hydrogen) atoms. The van der Waals surface area contributed by atoms with Gasteiger partial charge in [-0.05, 0) is 12.5 Å². The van der Waals surface area contributed by atoms with Gasteiger partial charge in [0.15, 0.2) is 5.58 Å². The molecule has 0 saturated carbocycles. The Kier molecular flexibility index (Phi) is 6.79. The predicted molar refractivity (Wildman–Crippen MR) is 197 cm³/mol. The molecule has 0 aliphatic heterocycles. The van der Waals surface area contributed by atoms with E-state index in [1.54, 1.807) is 0 Å². The van der Waals surface area contributed by atoms with Crippen molar-refractivity contribution in [3.63, 3.8) is 0 Å². The number of aromatic nitrogens is 2. The van der Waals surface area contributed by atoms with Gasteiger partial charge in [-0.15, -0.1) is 139 Å². The number of benzene rings is 4. The fourth-order valence-electron chi connectivity index (χ4n) is 5.40. The summed E-state index contributed by atoms with van der Waals surface area (Å²) in [6.07, 6.45) is 0. The maximum Gasteiger partial charge on any atom is 0.265 e. The van der Waals surface area contributed by atoms with Crippen molar-refractivity contribution in [1.82, 2.24) is 9.38 Å². The van der Waals surface area contributed by atoms with Gasteiger partial charge >= 0.3 is 0 Å². The molecular weight excluding hydrogens is 713 g/mol. The Labute approximate surface area is 286 Å². The van der Waals surface area contributed by atoms with Crippen LogP contribution in [0, 0.1) is 6.92 Å². The first-order chi connectivity index (χ1) is 18.8. The van der Waals surface area contributed by atoms with Crippen LogP contribution in [0.3, 0.4) is 0 Å². The standard InChI is InChI=1S/C25H14N2O2S11/c1-2-13(30)12-6(16(33)14(2)31)5-4-3-7(17(34)15(5)32)24-26-9-10(20(37)23(40)22(39)19(9)36)27(24)25(28)8(3)18(35)21(38)11(4)29-12/h30-40H,1H3. The molecule has 0 fully saturated rings. The lowest BCUT2D eigenvalue weighted by Gasteiger charge is -2.21. The smallest absolute Gasteiger partial charge is 0.265 e. The third kappa shape index (κ3) is 3.37. The van der Waals surface area contributed by atoms with Crippen LogP contribution in [0.4, 0.5) is 0 Å². The summed E-state index contributed by atoms with van der Waals surface area (Å²) in [6.45, 7) is 1.89. The predicted octanol–water partition coefficient (Wildman–Crippen LogP) is 8.98. The van der Waals surface area contributed by atoms with Gasteiger partial charge < -0.3 is 4.42 Å². The maximum absolute atomic E-state index is 14.4. The van der Waals surface area contributed by atoms with Crippen LogP contribution in [0.1, 0.15) is 5.56 Å². The van der Waals surface area contributed by atoms with Gasteiger partial charge in [0.25, 0.3) is 5.56 Å². The fraction of sp³-hybridized carbons (Fsp3) is 0.0400. The van der Waals surface area contributed by atoms with E-state index in [2.05, 4.69) is 50.5 Å². The molecule has 0 aliphatic carbocycles. The molecule has 0 bridgehead atoms. The van der Waals surface area contributed by atoms with E-state index in [0.29, 0.717) is 114 Å². The molecule has 0 N–H and O–H groups in total. The van der Waals surface area contributed by atoms with Gasteiger partial charge in [-0.3, -0.25) is 9.20 Å². The maximum atomic E-state index is 14.4. The Morgan fingerprint density at radius 1 is 0.525 bits per heavy atom. The summed E-state index contributed by atoms with van der Waals surface area (Å²) in [6, 6.07) is 0. The second kappa shape index (κ2) is 9.46. The highest BCUT2D eigenvalue weighted by atomic mass is 32.1. The Balaban J connectivity index is 1.93. The SMILES string of the molecule is Cc1c(S)c(S)c2c(oc3c(S)c(S)c4c(=O)n5c(nc6c(S)c(S)c(S)c(S)c65)c5c(S)c(S)c2c3c45)c1S. The lowest BCUT2D eigenvalue weighted by atomic mass is 9.95. The molecule has 4 nitrogen and oxygen atoms in total. The molecule has 0 amide bonds. The molecule has 0 atom stereocenters. The molecule has 0 spiro atoms. The van der Waals surface area contributed by atoms with Gasteiger partial charge in [0.05, 0.1) is 20.7 Å². The third-order valence-corrected chi connectivity index (χ3v) is 13.4. The lowest BCUT2D eigenvalue weighted by Crippen LogP contribution is -2.15. The highest BCUT2D eigenvalue weighted by molar-refractivity contribution is 7.86. The Morgan fingerprint density at radius 3 is 1.75 bits per heavy atom. The van der Waals surface area contributed by atoms with Crippen LogP contribution >= 0.6 is 139 Å². The van der Waals surface area contributed by atoms with E-state index >= 15 is 0 Å². The molecule has 0 radical (unpaired) electrons. The summed E-state index contributed by atoms with van der Waals surface area (Å²) in [5.41, 5.74) is 2.61. The molecule has 3 heterocycles. The Morgan fingerprint density at radius 2 is 1.07 bits per heavy atom. The van der Waals surface area contributed by atoms with Crippen LogP contribution in [0.25, 0.3) is 60.2 Å². The van der Waals surface area contributed by atoms with Crippen molar-refractivity contribution >= 4 is 199 Å². The first kappa shape index (κ1) is 28.7. The molecular formula is C25H14N2O2S11. The quantitative estimate of drug-likeness (QED) is 0.0440. The zero-order chi connectivity index (χ0) is 28.8. The highest BCUT2D eigenvalue weighted by Crippen LogP contribution is 2.52. The van der Waals surface area contributed by atoms with E-state index in [1.165, 1.54) is 4.40 Å². The summed E-state index contributed by atoms with van der Waals surface area (Å²) >= 11 is 52.2.